The van der Waals surface area contributed by atoms with E-state index in [-0.39, 0.29) is 0 Å². The average Bonchev–Trinajstić information content (AvgIpc) is 2.23. The van der Waals surface area contributed by atoms with Gasteiger partial charge in [-0.05, 0) is 36.2 Å². The van der Waals surface area contributed by atoms with Gasteiger partial charge in [-0.25, -0.2) is 0 Å². The third kappa shape index (κ3) is 2.05. The predicted molar refractivity (Wildman–Crippen MR) is 68.7 cm³/mol. The summed E-state index contributed by atoms with van der Waals surface area (Å²) >= 11 is 3.48. The number of hydrogen-bond acceptors (Lipinski definition) is 1. The van der Waals surface area contributed by atoms with Crippen molar-refractivity contribution < 1.29 is 0 Å². The Kier molecular flexibility index (Phi) is 2.78. The fourth-order valence-electron chi connectivity index (χ4n) is 1.63. The standard InChI is InChI=1S/C13H12BrN/c1-9-6-7-10(14)8-12(9)11-4-2-3-5-13(11)15/h2-8H,15H2,1H3. The quantitative estimate of drug-likeness (QED) is 0.772. The average molecular weight is 262 g/mol. The van der Waals surface area contributed by atoms with Crippen LogP contribution in [0.3, 0.4) is 0 Å². The lowest BCUT2D eigenvalue weighted by atomic mass is 9.99. The van der Waals surface area contributed by atoms with Gasteiger partial charge in [0.2, 0.25) is 0 Å². The lowest BCUT2D eigenvalue weighted by Crippen LogP contribution is -1.91. The second kappa shape index (κ2) is 4.07. The molecule has 0 atom stereocenters. The molecule has 0 aliphatic rings. The second-order valence-corrected chi connectivity index (χ2v) is 4.46. The van der Waals surface area contributed by atoms with Gasteiger partial charge in [-0.15, -0.1) is 0 Å². The summed E-state index contributed by atoms with van der Waals surface area (Å²) in [6, 6.07) is 14.2. The molecule has 1 nitrogen and oxygen atoms in total. The molecular weight excluding hydrogens is 250 g/mol. The van der Waals surface area contributed by atoms with Gasteiger partial charge < -0.3 is 5.73 Å². The van der Waals surface area contributed by atoms with Crippen LogP contribution < -0.4 is 5.73 Å². The van der Waals surface area contributed by atoms with Crippen LogP contribution in [0.4, 0.5) is 5.69 Å². The van der Waals surface area contributed by atoms with Crippen LogP contribution in [-0.2, 0) is 0 Å². The number of nitrogens with two attached hydrogens (primary N) is 1. The minimum absolute atomic E-state index is 0.818. The fraction of sp³-hybridized carbons (Fsp3) is 0.0769. The van der Waals surface area contributed by atoms with Crippen molar-refractivity contribution in [2.75, 3.05) is 5.73 Å². The largest absolute Gasteiger partial charge is 0.398 e. The number of benzene rings is 2. The van der Waals surface area contributed by atoms with Gasteiger partial charge in [0.25, 0.3) is 0 Å². The Morgan fingerprint density at radius 3 is 2.47 bits per heavy atom. The third-order valence-corrected chi connectivity index (χ3v) is 2.94. The first-order valence-electron chi connectivity index (χ1n) is 4.79. The maximum absolute atomic E-state index is 5.96. The van der Waals surface area contributed by atoms with E-state index in [4.69, 9.17) is 5.73 Å². The van der Waals surface area contributed by atoms with Gasteiger partial charge in [-0.3, -0.25) is 0 Å². The second-order valence-electron chi connectivity index (χ2n) is 3.55. The van der Waals surface area contributed by atoms with Gasteiger partial charge in [0.05, 0.1) is 0 Å². The number of anilines is 1. The van der Waals surface area contributed by atoms with Crippen LogP contribution in [0.5, 0.6) is 0 Å². The van der Waals surface area contributed by atoms with E-state index in [0.717, 1.165) is 15.7 Å². The smallest absolute Gasteiger partial charge is 0.0393 e. The van der Waals surface area contributed by atoms with Gasteiger partial charge in [-0.1, -0.05) is 40.2 Å². The fourth-order valence-corrected chi connectivity index (χ4v) is 1.99. The Hall–Kier alpha value is -1.28. The highest BCUT2D eigenvalue weighted by Gasteiger charge is 2.05. The molecule has 2 aromatic rings. The first-order valence-corrected chi connectivity index (χ1v) is 5.59. The molecule has 2 rings (SSSR count). The number of aryl methyl sites for hydroxylation is 1. The molecule has 76 valence electrons. The van der Waals surface area contributed by atoms with E-state index in [1.54, 1.807) is 0 Å². The Balaban J connectivity index is 2.64. The summed E-state index contributed by atoms with van der Waals surface area (Å²) in [6.45, 7) is 2.09. The van der Waals surface area contributed by atoms with Crippen molar-refractivity contribution in [3.8, 4) is 11.1 Å². The van der Waals surface area contributed by atoms with Crippen LogP contribution in [0.1, 0.15) is 5.56 Å². The van der Waals surface area contributed by atoms with Crippen molar-refractivity contribution in [3.63, 3.8) is 0 Å². The molecule has 0 saturated heterocycles. The topological polar surface area (TPSA) is 26.0 Å². The van der Waals surface area contributed by atoms with Crippen LogP contribution in [0.2, 0.25) is 0 Å². The summed E-state index contributed by atoms with van der Waals surface area (Å²) < 4.78 is 1.08. The zero-order chi connectivity index (χ0) is 10.8. The first-order chi connectivity index (χ1) is 7.18. The molecule has 0 aliphatic carbocycles. The number of halogens is 1. The van der Waals surface area contributed by atoms with Crippen LogP contribution in [0, 0.1) is 6.92 Å². The lowest BCUT2D eigenvalue weighted by Gasteiger charge is -2.09. The normalized spacial score (nSPS) is 10.3. The van der Waals surface area contributed by atoms with E-state index < -0.39 is 0 Å². The predicted octanol–water partition coefficient (Wildman–Crippen LogP) is 4.01. The molecule has 0 aromatic heterocycles. The van der Waals surface area contributed by atoms with Crippen molar-refractivity contribution in [1.29, 1.82) is 0 Å². The number of hydrogen-bond donors (Lipinski definition) is 1. The lowest BCUT2D eigenvalue weighted by molar-refractivity contribution is 1.44. The summed E-state index contributed by atoms with van der Waals surface area (Å²) in [5, 5.41) is 0. The Morgan fingerprint density at radius 1 is 1.00 bits per heavy atom. The molecule has 0 unspecified atom stereocenters. The molecule has 15 heavy (non-hydrogen) atoms. The molecule has 0 fully saturated rings. The Morgan fingerprint density at radius 2 is 1.73 bits per heavy atom. The molecule has 0 amide bonds. The summed E-state index contributed by atoms with van der Waals surface area (Å²) in [6.07, 6.45) is 0. The van der Waals surface area contributed by atoms with E-state index in [9.17, 15) is 0 Å². The van der Waals surface area contributed by atoms with Gasteiger partial charge in [-0.2, -0.15) is 0 Å². The molecule has 0 bridgehead atoms. The minimum Gasteiger partial charge on any atom is -0.398 e. The highest BCUT2D eigenvalue weighted by atomic mass is 79.9. The van der Waals surface area contributed by atoms with Crippen molar-refractivity contribution in [3.05, 3.63) is 52.5 Å². The van der Waals surface area contributed by atoms with Crippen LogP contribution >= 0.6 is 15.9 Å². The molecule has 0 heterocycles. The van der Waals surface area contributed by atoms with Gasteiger partial charge in [0.15, 0.2) is 0 Å². The summed E-state index contributed by atoms with van der Waals surface area (Å²) in [5.74, 6) is 0. The molecule has 2 N–H and O–H groups in total. The molecule has 2 aromatic carbocycles. The molecule has 0 radical (unpaired) electrons. The third-order valence-electron chi connectivity index (χ3n) is 2.45. The molecule has 0 saturated carbocycles. The maximum atomic E-state index is 5.96. The van der Waals surface area contributed by atoms with Crippen molar-refractivity contribution in [2.24, 2.45) is 0 Å². The monoisotopic (exact) mass is 261 g/mol. The number of para-hydroxylation sites is 1. The van der Waals surface area contributed by atoms with Gasteiger partial charge in [0, 0.05) is 15.7 Å². The van der Waals surface area contributed by atoms with E-state index in [1.165, 1.54) is 11.1 Å². The van der Waals surface area contributed by atoms with Gasteiger partial charge >= 0.3 is 0 Å². The zero-order valence-electron chi connectivity index (χ0n) is 8.50. The van der Waals surface area contributed by atoms with E-state index in [2.05, 4.69) is 35.0 Å². The van der Waals surface area contributed by atoms with Crippen LogP contribution in [-0.4, -0.2) is 0 Å². The van der Waals surface area contributed by atoms with Crippen molar-refractivity contribution in [2.45, 2.75) is 6.92 Å². The SMILES string of the molecule is Cc1ccc(Br)cc1-c1ccccc1N. The zero-order valence-corrected chi connectivity index (χ0v) is 10.1. The first kappa shape index (κ1) is 10.2. The van der Waals surface area contributed by atoms with Crippen LogP contribution in [0.25, 0.3) is 11.1 Å². The highest BCUT2D eigenvalue weighted by molar-refractivity contribution is 9.10. The van der Waals surface area contributed by atoms with E-state index in [0.29, 0.717) is 0 Å². The Labute approximate surface area is 98.1 Å². The summed E-state index contributed by atoms with van der Waals surface area (Å²) in [5.41, 5.74) is 10.3. The number of nitrogen functional groups attached to an aromatic ring is 1. The summed E-state index contributed by atoms with van der Waals surface area (Å²) in [7, 11) is 0. The number of rotatable bonds is 1. The molecule has 2 heteroatoms. The maximum Gasteiger partial charge on any atom is 0.0393 e. The van der Waals surface area contributed by atoms with Crippen molar-refractivity contribution >= 4 is 21.6 Å². The summed E-state index contributed by atoms with van der Waals surface area (Å²) in [4.78, 5) is 0. The Bertz CT molecular complexity index is 492. The van der Waals surface area contributed by atoms with Crippen LogP contribution in [0.15, 0.2) is 46.9 Å². The molecule has 0 spiro atoms. The molecular formula is C13H12BrN. The van der Waals surface area contributed by atoms with E-state index in [1.807, 2.05) is 30.3 Å². The van der Waals surface area contributed by atoms with Crippen molar-refractivity contribution in [1.82, 2.24) is 0 Å². The molecule has 0 aliphatic heterocycles. The highest BCUT2D eigenvalue weighted by Crippen LogP contribution is 2.30. The minimum atomic E-state index is 0.818. The van der Waals surface area contributed by atoms with E-state index >= 15 is 0 Å². The van der Waals surface area contributed by atoms with Gasteiger partial charge in [0.1, 0.15) is 0 Å².